The van der Waals surface area contributed by atoms with E-state index in [1.165, 1.54) is 5.56 Å². The highest BCUT2D eigenvalue weighted by Gasteiger charge is 2.17. The van der Waals surface area contributed by atoms with Crippen molar-refractivity contribution in [2.45, 2.75) is 19.3 Å². The SMILES string of the molecule is O=C(NCC(=O)N1CC[N]CC1)OCCCCc1ccccc1. The molecular weight excluding hydrogens is 294 g/mol. The number of amides is 2. The number of piperazine rings is 1. The molecule has 1 aromatic carbocycles. The van der Waals surface area contributed by atoms with Crippen molar-refractivity contribution in [3.8, 4) is 0 Å². The van der Waals surface area contributed by atoms with Crippen LogP contribution in [-0.2, 0) is 16.0 Å². The Kier molecular flexibility index (Phi) is 7.39. The molecule has 0 spiro atoms. The van der Waals surface area contributed by atoms with E-state index in [0.29, 0.717) is 32.8 Å². The van der Waals surface area contributed by atoms with Crippen molar-refractivity contribution in [1.29, 1.82) is 0 Å². The lowest BCUT2D eigenvalue weighted by Crippen LogP contribution is -2.47. The van der Waals surface area contributed by atoms with Gasteiger partial charge in [0.1, 0.15) is 6.54 Å². The van der Waals surface area contributed by atoms with E-state index in [1.54, 1.807) is 4.90 Å². The second kappa shape index (κ2) is 9.84. The van der Waals surface area contributed by atoms with Crippen molar-refractivity contribution in [3.05, 3.63) is 35.9 Å². The molecule has 125 valence electrons. The highest BCUT2D eigenvalue weighted by molar-refractivity contribution is 5.82. The van der Waals surface area contributed by atoms with Crippen molar-refractivity contribution < 1.29 is 14.3 Å². The van der Waals surface area contributed by atoms with E-state index in [-0.39, 0.29) is 12.5 Å². The quantitative estimate of drug-likeness (QED) is 0.767. The molecule has 6 heteroatoms. The summed E-state index contributed by atoms with van der Waals surface area (Å²) in [5.74, 6) is -0.0825. The molecule has 1 aromatic rings. The van der Waals surface area contributed by atoms with Crippen molar-refractivity contribution in [3.63, 3.8) is 0 Å². The third kappa shape index (κ3) is 6.69. The molecule has 1 fully saturated rings. The lowest BCUT2D eigenvalue weighted by atomic mass is 10.1. The summed E-state index contributed by atoms with van der Waals surface area (Å²) in [6, 6.07) is 10.2. The summed E-state index contributed by atoms with van der Waals surface area (Å²) in [6.07, 6.45) is 2.22. The summed E-state index contributed by atoms with van der Waals surface area (Å²) in [6.45, 7) is 2.98. The molecule has 1 aliphatic rings. The number of benzene rings is 1. The largest absolute Gasteiger partial charge is 0.450 e. The van der Waals surface area contributed by atoms with Crippen LogP contribution in [0, 0.1) is 0 Å². The number of hydrogen-bond acceptors (Lipinski definition) is 3. The molecule has 0 aromatic heterocycles. The molecule has 1 saturated heterocycles. The molecule has 0 atom stereocenters. The van der Waals surface area contributed by atoms with Gasteiger partial charge in [-0.1, -0.05) is 30.3 Å². The molecule has 6 nitrogen and oxygen atoms in total. The minimum Gasteiger partial charge on any atom is -0.450 e. The first kappa shape index (κ1) is 17.3. The van der Waals surface area contributed by atoms with Gasteiger partial charge in [-0.3, -0.25) is 4.79 Å². The standard InChI is InChI=1S/C17H24N3O3/c21-16(20-11-9-18-10-12-20)14-19-17(22)23-13-5-4-8-15-6-2-1-3-7-15/h1-3,6-7H,4-5,8-14H2,(H,19,22). The third-order valence-corrected chi connectivity index (χ3v) is 3.73. The van der Waals surface area contributed by atoms with Crippen molar-refractivity contribution in [2.24, 2.45) is 0 Å². The number of aryl methyl sites for hydroxylation is 1. The second-order valence-corrected chi connectivity index (χ2v) is 5.48. The molecule has 0 bridgehead atoms. The highest BCUT2D eigenvalue weighted by atomic mass is 16.5. The Hall–Kier alpha value is -2.08. The minimum absolute atomic E-state index is 0.0111. The van der Waals surface area contributed by atoms with Gasteiger partial charge < -0.3 is 15.0 Å². The number of alkyl carbamates (subject to hydrolysis) is 1. The van der Waals surface area contributed by atoms with Crippen LogP contribution in [0.25, 0.3) is 0 Å². The molecule has 1 aliphatic heterocycles. The number of unbranched alkanes of at least 4 members (excludes halogenated alkanes) is 1. The van der Waals surface area contributed by atoms with Gasteiger partial charge in [-0.15, -0.1) is 0 Å². The number of rotatable bonds is 7. The number of carbonyl (C=O) groups excluding carboxylic acids is 2. The zero-order valence-electron chi connectivity index (χ0n) is 13.4. The average Bonchev–Trinajstić information content (AvgIpc) is 2.61. The van der Waals surface area contributed by atoms with E-state index in [2.05, 4.69) is 22.8 Å². The molecule has 23 heavy (non-hydrogen) atoms. The molecule has 2 amide bonds. The molecule has 0 unspecified atom stereocenters. The second-order valence-electron chi connectivity index (χ2n) is 5.48. The molecule has 1 N–H and O–H groups in total. The topological polar surface area (TPSA) is 72.7 Å². The van der Waals surface area contributed by atoms with E-state index in [4.69, 9.17) is 4.74 Å². The molecule has 0 aliphatic carbocycles. The minimum atomic E-state index is -0.528. The normalized spacial score (nSPS) is 14.3. The summed E-state index contributed by atoms with van der Waals surface area (Å²) in [5.41, 5.74) is 1.29. The van der Waals surface area contributed by atoms with Crippen LogP contribution in [0.5, 0.6) is 0 Å². The maximum atomic E-state index is 11.8. The molecule has 1 heterocycles. The zero-order chi connectivity index (χ0) is 16.3. The zero-order valence-corrected chi connectivity index (χ0v) is 13.4. The molecule has 0 saturated carbocycles. The van der Waals surface area contributed by atoms with Gasteiger partial charge in [-0.25, -0.2) is 10.1 Å². The predicted molar refractivity (Wildman–Crippen MR) is 87.2 cm³/mol. The number of nitrogens with one attached hydrogen (secondary N) is 1. The van der Waals surface area contributed by atoms with Crippen LogP contribution in [0.4, 0.5) is 4.79 Å². The molecular formula is C17H24N3O3. The van der Waals surface area contributed by atoms with Gasteiger partial charge in [0.2, 0.25) is 5.91 Å². The van der Waals surface area contributed by atoms with E-state index in [9.17, 15) is 9.59 Å². The number of nitrogens with zero attached hydrogens (tertiary/aromatic N) is 2. The number of hydrogen-bond donors (Lipinski definition) is 1. The van der Waals surface area contributed by atoms with Gasteiger partial charge in [0, 0.05) is 26.2 Å². The van der Waals surface area contributed by atoms with Crippen LogP contribution in [0.15, 0.2) is 30.3 Å². The summed E-state index contributed by atoms with van der Waals surface area (Å²) in [4.78, 5) is 25.1. The van der Waals surface area contributed by atoms with E-state index < -0.39 is 6.09 Å². The number of ether oxygens (including phenoxy) is 1. The van der Waals surface area contributed by atoms with Gasteiger partial charge >= 0.3 is 6.09 Å². The third-order valence-electron chi connectivity index (χ3n) is 3.73. The lowest BCUT2D eigenvalue weighted by Gasteiger charge is -2.26. The van der Waals surface area contributed by atoms with E-state index in [0.717, 1.165) is 19.3 Å². The summed E-state index contributed by atoms with van der Waals surface area (Å²) in [7, 11) is 0. The van der Waals surface area contributed by atoms with Gasteiger partial charge in [-0.2, -0.15) is 0 Å². The van der Waals surface area contributed by atoms with Gasteiger partial charge in [0.05, 0.1) is 6.61 Å². The van der Waals surface area contributed by atoms with Crippen LogP contribution in [0.2, 0.25) is 0 Å². The monoisotopic (exact) mass is 318 g/mol. The Morgan fingerprint density at radius 1 is 1.13 bits per heavy atom. The van der Waals surface area contributed by atoms with Crippen molar-refractivity contribution >= 4 is 12.0 Å². The fraction of sp³-hybridized carbons (Fsp3) is 0.529. The Labute approximate surface area is 137 Å². The first-order chi connectivity index (χ1) is 11.3. The fourth-order valence-corrected chi connectivity index (χ4v) is 2.41. The average molecular weight is 318 g/mol. The number of carbonyl (C=O) groups is 2. The molecule has 2 rings (SSSR count). The Bertz CT molecular complexity index is 487. The summed E-state index contributed by atoms with van der Waals surface area (Å²) < 4.78 is 5.08. The Morgan fingerprint density at radius 2 is 1.87 bits per heavy atom. The van der Waals surface area contributed by atoms with Crippen molar-refractivity contribution in [1.82, 2.24) is 15.5 Å². The summed E-state index contributed by atoms with van der Waals surface area (Å²) >= 11 is 0. The van der Waals surface area contributed by atoms with Crippen LogP contribution in [0.1, 0.15) is 18.4 Å². The maximum Gasteiger partial charge on any atom is 0.407 e. The Balaban J connectivity index is 1.50. The lowest BCUT2D eigenvalue weighted by molar-refractivity contribution is -0.130. The van der Waals surface area contributed by atoms with Gasteiger partial charge in [-0.05, 0) is 24.8 Å². The Morgan fingerprint density at radius 3 is 2.61 bits per heavy atom. The van der Waals surface area contributed by atoms with E-state index in [1.807, 2.05) is 18.2 Å². The smallest absolute Gasteiger partial charge is 0.407 e. The van der Waals surface area contributed by atoms with Crippen LogP contribution in [0.3, 0.4) is 0 Å². The first-order valence-electron chi connectivity index (χ1n) is 8.11. The van der Waals surface area contributed by atoms with Gasteiger partial charge in [0.15, 0.2) is 0 Å². The van der Waals surface area contributed by atoms with Gasteiger partial charge in [0.25, 0.3) is 0 Å². The highest BCUT2D eigenvalue weighted by Crippen LogP contribution is 2.04. The van der Waals surface area contributed by atoms with Crippen LogP contribution in [-0.4, -0.2) is 56.2 Å². The van der Waals surface area contributed by atoms with Crippen LogP contribution < -0.4 is 10.6 Å². The van der Waals surface area contributed by atoms with Crippen molar-refractivity contribution in [2.75, 3.05) is 39.3 Å². The predicted octanol–water partition coefficient (Wildman–Crippen LogP) is 1.18. The van der Waals surface area contributed by atoms with Crippen LogP contribution >= 0.6 is 0 Å². The van der Waals surface area contributed by atoms with E-state index >= 15 is 0 Å². The maximum absolute atomic E-state index is 11.8. The molecule has 1 radical (unpaired) electrons. The first-order valence-corrected chi connectivity index (χ1v) is 8.11. The fourth-order valence-electron chi connectivity index (χ4n) is 2.41. The summed E-state index contributed by atoms with van der Waals surface area (Å²) in [5, 5.41) is 6.68.